The molecule has 0 saturated carbocycles. The maximum atomic E-state index is 13.2. The van der Waals surface area contributed by atoms with Gasteiger partial charge >= 0.3 is 0 Å². The fourth-order valence-electron chi connectivity index (χ4n) is 4.01. The second-order valence-electron chi connectivity index (χ2n) is 8.66. The Kier molecular flexibility index (Phi) is 9.20. The number of carbonyl (C=O) groups is 2. The van der Waals surface area contributed by atoms with Crippen LogP contribution in [0.5, 0.6) is 11.5 Å². The predicted octanol–water partition coefficient (Wildman–Crippen LogP) is 6.63. The van der Waals surface area contributed by atoms with Crippen molar-refractivity contribution in [3.05, 3.63) is 94.4 Å². The summed E-state index contributed by atoms with van der Waals surface area (Å²) >= 11 is 6.82. The zero-order chi connectivity index (χ0) is 27.1. The molecule has 1 heterocycles. The number of amides is 2. The summed E-state index contributed by atoms with van der Waals surface area (Å²) in [6.45, 7) is 6.19. The van der Waals surface area contributed by atoms with Crippen LogP contribution in [0.15, 0.2) is 77.7 Å². The number of nitrogens with zero attached hydrogens (tertiary/aromatic N) is 1. The van der Waals surface area contributed by atoms with Gasteiger partial charge in [-0.1, -0.05) is 79.4 Å². The quantitative estimate of drug-likeness (QED) is 0.228. The molecule has 4 rings (SSSR count). The third-order valence-corrected chi connectivity index (χ3v) is 7.39. The zero-order valence-electron chi connectivity index (χ0n) is 21.6. The van der Waals surface area contributed by atoms with Crippen LogP contribution in [0.4, 0.5) is 5.69 Å². The van der Waals surface area contributed by atoms with Crippen molar-refractivity contribution in [3.63, 3.8) is 0 Å². The molecule has 1 saturated heterocycles. The summed E-state index contributed by atoms with van der Waals surface area (Å²) < 4.78 is 12.1. The van der Waals surface area contributed by atoms with E-state index >= 15 is 0 Å². The lowest BCUT2D eigenvalue weighted by molar-refractivity contribution is -0.123. The Bertz CT molecular complexity index is 1340. The number of nitrogens with one attached hydrogen (secondary N) is 1. The molecule has 3 aromatic carbocycles. The Morgan fingerprint density at radius 1 is 1.03 bits per heavy atom. The van der Waals surface area contributed by atoms with E-state index in [-0.39, 0.29) is 24.5 Å². The predicted molar refractivity (Wildman–Crippen MR) is 157 cm³/mol. The van der Waals surface area contributed by atoms with Crippen molar-refractivity contribution in [1.29, 1.82) is 0 Å². The first kappa shape index (κ1) is 27.4. The van der Waals surface area contributed by atoms with Crippen LogP contribution in [0.2, 0.25) is 0 Å². The maximum absolute atomic E-state index is 13.2. The standard InChI is InChI=1S/C30H30N2O4S2/c1-4-21-11-14-24(15-12-21)31-28(33)19-36-25-16-13-22(17-26(25)35-5-2)18-27-29(34)32(30(37)38-27)20(3)23-9-7-6-8-10-23/h6-18,20H,4-5,19H2,1-3H3,(H,31,33)/b27-18-/t20-/m0/s1. The second-order valence-corrected chi connectivity index (χ2v) is 10.3. The van der Waals surface area contributed by atoms with Gasteiger partial charge in [0, 0.05) is 5.69 Å². The number of anilines is 1. The van der Waals surface area contributed by atoms with Gasteiger partial charge in [-0.05, 0) is 67.3 Å². The number of thioether (sulfide) groups is 1. The van der Waals surface area contributed by atoms with E-state index in [1.54, 1.807) is 23.1 Å². The molecule has 38 heavy (non-hydrogen) atoms. The molecule has 6 nitrogen and oxygen atoms in total. The van der Waals surface area contributed by atoms with Gasteiger partial charge in [-0.15, -0.1) is 0 Å². The molecule has 0 aliphatic carbocycles. The molecule has 1 aliphatic heterocycles. The van der Waals surface area contributed by atoms with Gasteiger partial charge in [-0.3, -0.25) is 14.5 Å². The summed E-state index contributed by atoms with van der Waals surface area (Å²) in [4.78, 5) is 27.8. The highest BCUT2D eigenvalue weighted by atomic mass is 32.2. The number of hydrogen-bond donors (Lipinski definition) is 1. The van der Waals surface area contributed by atoms with Crippen molar-refractivity contribution in [2.24, 2.45) is 0 Å². The van der Waals surface area contributed by atoms with Gasteiger partial charge in [-0.2, -0.15) is 0 Å². The molecule has 3 aromatic rings. The highest BCUT2D eigenvalue weighted by molar-refractivity contribution is 8.26. The fraction of sp³-hybridized carbons (Fsp3) is 0.233. The van der Waals surface area contributed by atoms with Gasteiger partial charge in [-0.25, -0.2) is 0 Å². The molecule has 0 spiro atoms. The summed E-state index contributed by atoms with van der Waals surface area (Å²) in [5.41, 5.74) is 3.71. The summed E-state index contributed by atoms with van der Waals surface area (Å²) in [6, 6.07) is 22.7. The summed E-state index contributed by atoms with van der Waals surface area (Å²) in [5, 5.41) is 2.84. The van der Waals surface area contributed by atoms with Crippen LogP contribution < -0.4 is 14.8 Å². The van der Waals surface area contributed by atoms with Crippen molar-refractivity contribution >= 4 is 51.9 Å². The van der Waals surface area contributed by atoms with Crippen LogP contribution in [-0.4, -0.2) is 34.2 Å². The molecule has 2 amide bonds. The van der Waals surface area contributed by atoms with Crippen molar-refractivity contribution in [2.75, 3.05) is 18.5 Å². The van der Waals surface area contributed by atoms with Crippen LogP contribution in [0, 0.1) is 0 Å². The molecule has 1 N–H and O–H groups in total. The molecule has 0 unspecified atom stereocenters. The smallest absolute Gasteiger partial charge is 0.266 e. The molecule has 1 aliphatic rings. The van der Waals surface area contributed by atoms with E-state index in [4.69, 9.17) is 21.7 Å². The molecule has 1 atom stereocenters. The molecule has 8 heteroatoms. The molecular formula is C30H30N2O4S2. The van der Waals surface area contributed by atoms with Gasteiger partial charge in [0.05, 0.1) is 17.6 Å². The molecule has 0 radical (unpaired) electrons. The van der Waals surface area contributed by atoms with Crippen LogP contribution in [0.1, 0.15) is 43.5 Å². The molecule has 196 valence electrons. The van der Waals surface area contributed by atoms with Crippen LogP contribution in [0.25, 0.3) is 6.08 Å². The van der Waals surface area contributed by atoms with E-state index in [0.717, 1.165) is 23.2 Å². The summed E-state index contributed by atoms with van der Waals surface area (Å²) in [6.07, 6.45) is 2.74. The monoisotopic (exact) mass is 546 g/mol. The highest BCUT2D eigenvalue weighted by Gasteiger charge is 2.35. The molecule has 0 bridgehead atoms. The first-order valence-corrected chi connectivity index (χ1v) is 13.7. The lowest BCUT2D eigenvalue weighted by Crippen LogP contribution is -2.30. The highest BCUT2D eigenvalue weighted by Crippen LogP contribution is 2.39. The van der Waals surface area contributed by atoms with Crippen molar-refractivity contribution in [1.82, 2.24) is 4.90 Å². The zero-order valence-corrected chi connectivity index (χ0v) is 23.2. The topological polar surface area (TPSA) is 67.9 Å². The van der Waals surface area contributed by atoms with Gasteiger partial charge in [0.2, 0.25) is 0 Å². The first-order valence-electron chi connectivity index (χ1n) is 12.5. The first-order chi connectivity index (χ1) is 18.4. The van der Waals surface area contributed by atoms with Gasteiger partial charge in [0.25, 0.3) is 11.8 Å². The van der Waals surface area contributed by atoms with Crippen LogP contribution >= 0.6 is 24.0 Å². The normalized spacial score (nSPS) is 15.0. The lowest BCUT2D eigenvalue weighted by atomic mass is 10.1. The summed E-state index contributed by atoms with van der Waals surface area (Å²) in [7, 11) is 0. The maximum Gasteiger partial charge on any atom is 0.266 e. The minimum Gasteiger partial charge on any atom is -0.490 e. The van der Waals surface area contributed by atoms with E-state index in [0.29, 0.717) is 27.3 Å². The fourth-order valence-corrected chi connectivity index (χ4v) is 5.43. The number of ether oxygens (including phenoxy) is 2. The SMILES string of the molecule is CCOc1cc(/C=C2\SC(=S)N([C@@H](C)c3ccccc3)C2=O)ccc1OCC(=O)Nc1ccc(CC)cc1. The van der Waals surface area contributed by atoms with E-state index in [1.165, 1.54) is 17.3 Å². The number of thiocarbonyl (C=S) groups is 1. The average Bonchev–Trinajstić information content (AvgIpc) is 3.21. The van der Waals surface area contributed by atoms with Gasteiger partial charge in [0.1, 0.15) is 4.32 Å². The number of benzene rings is 3. The van der Waals surface area contributed by atoms with E-state index in [2.05, 4.69) is 12.2 Å². The van der Waals surface area contributed by atoms with E-state index < -0.39 is 0 Å². The van der Waals surface area contributed by atoms with Crippen molar-refractivity contribution in [2.45, 2.75) is 33.2 Å². The van der Waals surface area contributed by atoms with Crippen molar-refractivity contribution < 1.29 is 19.1 Å². The van der Waals surface area contributed by atoms with Crippen molar-refractivity contribution in [3.8, 4) is 11.5 Å². The number of rotatable bonds is 10. The average molecular weight is 547 g/mol. The van der Waals surface area contributed by atoms with Gasteiger partial charge in [0.15, 0.2) is 18.1 Å². The lowest BCUT2D eigenvalue weighted by Gasteiger charge is -2.23. The van der Waals surface area contributed by atoms with Crippen LogP contribution in [-0.2, 0) is 16.0 Å². The Hall–Kier alpha value is -3.62. The third kappa shape index (κ3) is 6.62. The number of carbonyl (C=O) groups excluding carboxylic acids is 2. The van der Waals surface area contributed by atoms with Crippen LogP contribution in [0.3, 0.4) is 0 Å². The van der Waals surface area contributed by atoms with E-state index in [9.17, 15) is 9.59 Å². The Morgan fingerprint density at radius 3 is 2.45 bits per heavy atom. The Balaban J connectivity index is 1.44. The number of hydrogen-bond acceptors (Lipinski definition) is 6. The largest absolute Gasteiger partial charge is 0.490 e. The van der Waals surface area contributed by atoms with Gasteiger partial charge < -0.3 is 14.8 Å². The number of aryl methyl sites for hydroxylation is 1. The molecule has 1 fully saturated rings. The van der Waals surface area contributed by atoms with E-state index in [1.807, 2.05) is 74.5 Å². The Morgan fingerprint density at radius 2 is 1.76 bits per heavy atom. The summed E-state index contributed by atoms with van der Waals surface area (Å²) in [5.74, 6) is 0.551. The molecular weight excluding hydrogens is 516 g/mol. The Labute approximate surface area is 233 Å². The second kappa shape index (κ2) is 12.8. The minimum atomic E-state index is -0.267. The third-order valence-electron chi connectivity index (χ3n) is 6.06. The molecule has 0 aromatic heterocycles. The minimum absolute atomic E-state index is 0.127.